The van der Waals surface area contributed by atoms with Crippen molar-refractivity contribution in [3.8, 4) is 0 Å². The van der Waals surface area contributed by atoms with E-state index < -0.39 is 0 Å². The summed E-state index contributed by atoms with van der Waals surface area (Å²) in [6.45, 7) is 2.92. The van der Waals surface area contributed by atoms with Crippen molar-refractivity contribution in [1.29, 1.82) is 0 Å². The van der Waals surface area contributed by atoms with Crippen LogP contribution in [0, 0.1) is 6.92 Å². The number of carbonyl (C=O) groups is 1. The predicted molar refractivity (Wildman–Crippen MR) is 66.4 cm³/mol. The number of amides is 1. The average molecular weight is 271 g/mol. The van der Waals surface area contributed by atoms with E-state index in [9.17, 15) is 4.79 Å². The van der Waals surface area contributed by atoms with Crippen LogP contribution in [0.5, 0.6) is 0 Å². The molecule has 0 aliphatic heterocycles. The lowest BCUT2D eigenvalue weighted by atomic mass is 10.2. The quantitative estimate of drug-likeness (QED) is 0.920. The molecule has 0 radical (unpaired) electrons. The Hall–Kier alpha value is -1.40. The van der Waals surface area contributed by atoms with Crippen LogP contribution >= 0.6 is 23.1 Å². The van der Waals surface area contributed by atoms with Crippen LogP contribution in [0.15, 0.2) is 17.8 Å². The van der Waals surface area contributed by atoms with Gasteiger partial charge in [0.1, 0.15) is 0 Å². The highest BCUT2D eigenvalue weighted by Crippen LogP contribution is 2.08. The molecule has 0 atom stereocenters. The van der Waals surface area contributed by atoms with Crippen molar-refractivity contribution in [2.75, 3.05) is 6.54 Å². The smallest absolute Gasteiger partial charge is 0.254 e. The molecule has 90 valence electrons. The molecule has 17 heavy (non-hydrogen) atoms. The lowest BCUT2D eigenvalue weighted by molar-refractivity contribution is 0.0951. The number of hydrogen-bond donors (Lipinski definition) is 1. The van der Waals surface area contributed by atoms with Crippen molar-refractivity contribution >= 4 is 29.0 Å². The standard InChI is InChI=1S/C10H11ClN4OS/c1-7-9(6-17-14-7)10(16)12-2-3-15-5-8(11)4-13-15/h4-6H,2-3H2,1H3,(H,12,16). The first-order valence-electron chi connectivity index (χ1n) is 5.04. The molecule has 0 unspecified atom stereocenters. The zero-order valence-electron chi connectivity index (χ0n) is 9.18. The van der Waals surface area contributed by atoms with E-state index in [0.29, 0.717) is 23.7 Å². The van der Waals surface area contributed by atoms with E-state index in [4.69, 9.17) is 11.6 Å². The van der Waals surface area contributed by atoms with Crippen molar-refractivity contribution in [3.05, 3.63) is 34.1 Å². The predicted octanol–water partition coefficient (Wildman–Crippen LogP) is 1.73. The zero-order chi connectivity index (χ0) is 12.3. The van der Waals surface area contributed by atoms with E-state index in [1.165, 1.54) is 11.5 Å². The lowest BCUT2D eigenvalue weighted by Gasteiger charge is -2.04. The van der Waals surface area contributed by atoms with Crippen molar-refractivity contribution in [2.24, 2.45) is 0 Å². The largest absolute Gasteiger partial charge is 0.350 e. The third-order valence-electron chi connectivity index (χ3n) is 2.22. The molecule has 7 heteroatoms. The summed E-state index contributed by atoms with van der Waals surface area (Å²) in [7, 11) is 0. The minimum Gasteiger partial charge on any atom is -0.350 e. The monoisotopic (exact) mass is 270 g/mol. The molecule has 5 nitrogen and oxygen atoms in total. The molecule has 2 aromatic heterocycles. The van der Waals surface area contributed by atoms with E-state index in [0.717, 1.165) is 5.69 Å². The molecule has 1 N–H and O–H groups in total. The zero-order valence-corrected chi connectivity index (χ0v) is 10.8. The number of aromatic nitrogens is 3. The molecule has 0 spiro atoms. The Bertz CT molecular complexity index is 522. The van der Waals surface area contributed by atoms with Gasteiger partial charge in [0, 0.05) is 18.1 Å². The van der Waals surface area contributed by atoms with Crippen LogP contribution in [-0.4, -0.2) is 26.6 Å². The van der Waals surface area contributed by atoms with Gasteiger partial charge >= 0.3 is 0 Å². The Kier molecular flexibility index (Phi) is 3.75. The van der Waals surface area contributed by atoms with Gasteiger partial charge in [0.05, 0.1) is 29.0 Å². The van der Waals surface area contributed by atoms with E-state index in [2.05, 4.69) is 14.8 Å². The summed E-state index contributed by atoms with van der Waals surface area (Å²) in [5, 5.41) is 9.16. The van der Waals surface area contributed by atoms with Crippen molar-refractivity contribution < 1.29 is 4.79 Å². The molecule has 0 aliphatic carbocycles. The molecule has 0 bridgehead atoms. The normalized spacial score (nSPS) is 10.5. The van der Waals surface area contributed by atoms with Gasteiger partial charge in [0.2, 0.25) is 0 Å². The maximum absolute atomic E-state index is 11.7. The second-order valence-electron chi connectivity index (χ2n) is 3.49. The molecule has 0 saturated heterocycles. The molecule has 0 fully saturated rings. The van der Waals surface area contributed by atoms with Crippen LogP contribution in [0.2, 0.25) is 5.02 Å². The molecule has 0 aliphatic rings. The van der Waals surface area contributed by atoms with Gasteiger partial charge in [-0.2, -0.15) is 9.47 Å². The highest BCUT2D eigenvalue weighted by Gasteiger charge is 2.10. The summed E-state index contributed by atoms with van der Waals surface area (Å²) >= 11 is 7.01. The molecule has 0 saturated carbocycles. The number of nitrogens with zero attached hydrogens (tertiary/aromatic N) is 3. The number of carbonyl (C=O) groups excluding carboxylic acids is 1. The number of rotatable bonds is 4. The Labute approximate surface area is 108 Å². The van der Waals surface area contributed by atoms with Gasteiger partial charge < -0.3 is 5.32 Å². The maximum Gasteiger partial charge on any atom is 0.254 e. The molecular formula is C10H11ClN4OS. The van der Waals surface area contributed by atoms with Gasteiger partial charge in [0.15, 0.2) is 0 Å². The average Bonchev–Trinajstić information content (AvgIpc) is 2.87. The summed E-state index contributed by atoms with van der Waals surface area (Å²) in [5.74, 6) is -0.102. The van der Waals surface area contributed by atoms with Crippen LogP contribution in [0.1, 0.15) is 16.1 Å². The minimum atomic E-state index is -0.102. The first-order valence-corrected chi connectivity index (χ1v) is 6.25. The van der Waals surface area contributed by atoms with Crippen molar-refractivity contribution in [2.45, 2.75) is 13.5 Å². The van der Waals surface area contributed by atoms with Gasteiger partial charge in [-0.1, -0.05) is 11.6 Å². The van der Waals surface area contributed by atoms with E-state index in [1.54, 1.807) is 22.5 Å². The van der Waals surface area contributed by atoms with E-state index in [1.807, 2.05) is 6.92 Å². The van der Waals surface area contributed by atoms with E-state index >= 15 is 0 Å². The second kappa shape index (κ2) is 5.29. The van der Waals surface area contributed by atoms with Gasteiger partial charge in [-0.25, -0.2) is 0 Å². The summed E-state index contributed by atoms with van der Waals surface area (Å²) in [4.78, 5) is 11.7. The second-order valence-corrected chi connectivity index (χ2v) is 4.56. The highest BCUT2D eigenvalue weighted by molar-refractivity contribution is 7.03. The fraction of sp³-hybridized carbons (Fsp3) is 0.300. The first-order chi connectivity index (χ1) is 8.16. The third-order valence-corrected chi connectivity index (χ3v) is 3.14. The Morgan fingerprint density at radius 1 is 1.65 bits per heavy atom. The summed E-state index contributed by atoms with van der Waals surface area (Å²) in [6.07, 6.45) is 3.28. The van der Waals surface area contributed by atoms with Crippen LogP contribution in [0.25, 0.3) is 0 Å². The van der Waals surface area contributed by atoms with Gasteiger partial charge in [0.25, 0.3) is 5.91 Å². The molecule has 1 amide bonds. The summed E-state index contributed by atoms with van der Waals surface area (Å²) < 4.78 is 5.73. The number of hydrogen-bond acceptors (Lipinski definition) is 4. The Balaban J connectivity index is 1.83. The SMILES string of the molecule is Cc1nscc1C(=O)NCCn1cc(Cl)cn1. The maximum atomic E-state index is 11.7. The van der Waals surface area contributed by atoms with Crippen molar-refractivity contribution in [3.63, 3.8) is 0 Å². The molecule has 2 aromatic rings. The number of nitrogens with one attached hydrogen (secondary N) is 1. The number of halogens is 1. The minimum absolute atomic E-state index is 0.102. The van der Waals surface area contributed by atoms with Crippen LogP contribution in [0.4, 0.5) is 0 Å². The lowest BCUT2D eigenvalue weighted by Crippen LogP contribution is -2.27. The van der Waals surface area contributed by atoms with Crippen molar-refractivity contribution in [1.82, 2.24) is 19.5 Å². The fourth-order valence-corrected chi connectivity index (χ4v) is 2.20. The molecule has 2 rings (SSSR count). The molecular weight excluding hydrogens is 260 g/mol. The van der Waals surface area contributed by atoms with E-state index in [-0.39, 0.29) is 5.91 Å². The first kappa shape index (κ1) is 12.1. The Morgan fingerprint density at radius 2 is 2.47 bits per heavy atom. The summed E-state index contributed by atoms with van der Waals surface area (Å²) in [6, 6.07) is 0. The molecule has 0 aromatic carbocycles. The third kappa shape index (κ3) is 3.04. The Morgan fingerprint density at radius 3 is 3.06 bits per heavy atom. The molecule has 2 heterocycles. The fourth-order valence-electron chi connectivity index (χ4n) is 1.35. The van der Waals surface area contributed by atoms with Gasteiger partial charge in [-0.05, 0) is 18.5 Å². The van der Waals surface area contributed by atoms with Gasteiger partial charge in [-0.15, -0.1) is 0 Å². The van der Waals surface area contributed by atoms with Gasteiger partial charge in [-0.3, -0.25) is 9.48 Å². The van der Waals surface area contributed by atoms with Crippen LogP contribution in [0.3, 0.4) is 0 Å². The highest BCUT2D eigenvalue weighted by atomic mass is 35.5. The van der Waals surface area contributed by atoms with Crippen LogP contribution < -0.4 is 5.32 Å². The van der Waals surface area contributed by atoms with Crippen LogP contribution in [-0.2, 0) is 6.54 Å². The topological polar surface area (TPSA) is 59.8 Å². The number of aryl methyl sites for hydroxylation is 1. The summed E-state index contributed by atoms with van der Waals surface area (Å²) in [5.41, 5.74) is 1.39.